The Morgan fingerprint density at radius 2 is 2.33 bits per heavy atom. The van der Waals surface area contributed by atoms with Gasteiger partial charge in [-0.3, -0.25) is 0 Å². The molecule has 3 nitrogen and oxygen atoms in total. The molecule has 0 aromatic carbocycles. The summed E-state index contributed by atoms with van der Waals surface area (Å²) in [5.41, 5.74) is 0. The molecule has 2 rings (SSSR count). The molecule has 4 heteroatoms. The van der Waals surface area contributed by atoms with Crippen LogP contribution in [0.4, 0.5) is 5.13 Å². The van der Waals surface area contributed by atoms with E-state index in [1.54, 1.807) is 11.3 Å². The van der Waals surface area contributed by atoms with Crippen molar-refractivity contribution in [2.75, 3.05) is 11.9 Å². The van der Waals surface area contributed by atoms with Crippen molar-refractivity contribution in [2.24, 2.45) is 5.92 Å². The molecule has 0 spiro atoms. The van der Waals surface area contributed by atoms with Crippen LogP contribution in [-0.4, -0.2) is 16.7 Å². The maximum Gasteiger partial charge on any atom is 0.205 e. The third kappa shape index (κ3) is 2.17. The van der Waals surface area contributed by atoms with E-state index in [-0.39, 0.29) is 0 Å². The zero-order valence-corrected chi connectivity index (χ0v) is 8.02. The third-order valence-corrected chi connectivity index (χ3v) is 2.85. The van der Waals surface area contributed by atoms with Crippen molar-refractivity contribution < 1.29 is 0 Å². The Morgan fingerprint density at radius 3 is 2.92 bits per heavy atom. The monoisotopic (exact) mass is 183 g/mol. The second-order valence-electron chi connectivity index (χ2n) is 3.29. The molecule has 1 heterocycles. The predicted molar refractivity (Wildman–Crippen MR) is 50.5 cm³/mol. The van der Waals surface area contributed by atoms with Crippen LogP contribution in [0.25, 0.3) is 0 Å². The van der Waals surface area contributed by atoms with E-state index in [2.05, 4.69) is 15.5 Å². The zero-order chi connectivity index (χ0) is 8.39. The first-order valence-corrected chi connectivity index (χ1v) is 5.20. The van der Waals surface area contributed by atoms with Gasteiger partial charge in [-0.15, -0.1) is 10.2 Å². The molecule has 1 N–H and O–H groups in total. The molecule has 1 aliphatic rings. The van der Waals surface area contributed by atoms with E-state index < -0.39 is 0 Å². The first-order chi connectivity index (χ1) is 5.84. The summed E-state index contributed by atoms with van der Waals surface area (Å²) in [6.07, 6.45) is 4.15. The predicted octanol–water partition coefficient (Wildman–Crippen LogP) is 2.06. The fraction of sp³-hybridized carbons (Fsp3) is 0.750. The molecule has 1 fully saturated rings. The van der Waals surface area contributed by atoms with Crippen LogP contribution in [0.5, 0.6) is 0 Å². The molecule has 0 bridgehead atoms. The summed E-state index contributed by atoms with van der Waals surface area (Å²) in [5, 5.41) is 13.2. The van der Waals surface area contributed by atoms with Crippen LogP contribution in [0.3, 0.4) is 0 Å². The van der Waals surface area contributed by atoms with Crippen LogP contribution in [0.15, 0.2) is 0 Å². The van der Waals surface area contributed by atoms with E-state index in [0.29, 0.717) is 0 Å². The van der Waals surface area contributed by atoms with Crippen molar-refractivity contribution in [1.82, 2.24) is 10.2 Å². The van der Waals surface area contributed by atoms with Gasteiger partial charge in [-0.1, -0.05) is 24.2 Å². The quantitative estimate of drug-likeness (QED) is 0.776. The average molecular weight is 183 g/mol. The molecule has 1 saturated carbocycles. The van der Waals surface area contributed by atoms with Crippen molar-refractivity contribution in [1.29, 1.82) is 0 Å². The Morgan fingerprint density at radius 1 is 1.50 bits per heavy atom. The first kappa shape index (κ1) is 7.98. The molecule has 12 heavy (non-hydrogen) atoms. The van der Waals surface area contributed by atoms with Gasteiger partial charge < -0.3 is 5.32 Å². The minimum Gasteiger partial charge on any atom is -0.360 e. The van der Waals surface area contributed by atoms with Crippen LogP contribution < -0.4 is 5.32 Å². The fourth-order valence-electron chi connectivity index (χ4n) is 1.16. The first-order valence-electron chi connectivity index (χ1n) is 4.38. The third-order valence-electron chi connectivity index (χ3n) is 2.05. The zero-order valence-electron chi connectivity index (χ0n) is 7.21. The van der Waals surface area contributed by atoms with E-state index >= 15 is 0 Å². The van der Waals surface area contributed by atoms with Gasteiger partial charge in [0.1, 0.15) is 5.01 Å². The maximum absolute atomic E-state index is 3.99. The Hall–Kier alpha value is -0.640. The molecule has 1 aromatic rings. The summed E-state index contributed by atoms with van der Waals surface area (Å²) in [4.78, 5) is 0. The number of hydrogen-bond donors (Lipinski definition) is 1. The summed E-state index contributed by atoms with van der Waals surface area (Å²) in [6, 6.07) is 0. The fourth-order valence-corrected chi connectivity index (χ4v) is 1.78. The van der Waals surface area contributed by atoms with Gasteiger partial charge in [-0.05, 0) is 19.3 Å². The Bertz CT molecular complexity index is 255. The number of aryl methyl sites for hydroxylation is 1. The van der Waals surface area contributed by atoms with Crippen molar-refractivity contribution in [3.8, 4) is 0 Å². The lowest BCUT2D eigenvalue weighted by Crippen LogP contribution is -2.01. The highest BCUT2D eigenvalue weighted by Gasteiger charge is 2.20. The number of nitrogens with zero attached hydrogens (tertiary/aromatic N) is 2. The van der Waals surface area contributed by atoms with E-state index in [9.17, 15) is 0 Å². The molecule has 0 amide bonds. The van der Waals surface area contributed by atoms with Crippen molar-refractivity contribution in [2.45, 2.75) is 26.2 Å². The van der Waals surface area contributed by atoms with Crippen LogP contribution >= 0.6 is 11.3 Å². The number of nitrogens with one attached hydrogen (secondary N) is 1. The van der Waals surface area contributed by atoms with Crippen molar-refractivity contribution in [3.63, 3.8) is 0 Å². The number of hydrogen-bond acceptors (Lipinski definition) is 4. The van der Waals surface area contributed by atoms with E-state index in [4.69, 9.17) is 0 Å². The maximum atomic E-state index is 3.99. The van der Waals surface area contributed by atoms with Crippen LogP contribution in [0.2, 0.25) is 0 Å². The van der Waals surface area contributed by atoms with Gasteiger partial charge in [0, 0.05) is 6.54 Å². The van der Waals surface area contributed by atoms with Gasteiger partial charge in [-0.2, -0.15) is 0 Å². The highest BCUT2D eigenvalue weighted by atomic mass is 32.1. The molecule has 0 saturated heterocycles. The number of rotatable bonds is 4. The topological polar surface area (TPSA) is 37.8 Å². The lowest BCUT2D eigenvalue weighted by molar-refractivity contribution is 0.758. The number of aromatic nitrogens is 2. The van der Waals surface area contributed by atoms with Gasteiger partial charge in [0.05, 0.1) is 0 Å². The van der Waals surface area contributed by atoms with E-state index in [1.807, 2.05) is 6.92 Å². The summed E-state index contributed by atoms with van der Waals surface area (Å²) in [7, 11) is 0. The molecule has 1 aromatic heterocycles. The van der Waals surface area contributed by atoms with E-state index in [0.717, 1.165) is 22.6 Å². The molecule has 0 radical (unpaired) electrons. The minimum atomic E-state index is 0.966. The van der Waals surface area contributed by atoms with Crippen LogP contribution in [0.1, 0.15) is 24.3 Å². The molecular weight excluding hydrogens is 170 g/mol. The summed E-state index contributed by atoms with van der Waals surface area (Å²) in [6.45, 7) is 3.03. The number of anilines is 1. The van der Waals surface area contributed by atoms with Gasteiger partial charge in [0.2, 0.25) is 5.13 Å². The molecule has 0 aliphatic heterocycles. The van der Waals surface area contributed by atoms with Crippen LogP contribution in [0, 0.1) is 12.8 Å². The lowest BCUT2D eigenvalue weighted by atomic mass is 10.3. The molecular formula is C8H13N3S. The highest BCUT2D eigenvalue weighted by Crippen LogP contribution is 2.32. The Balaban J connectivity index is 1.71. The van der Waals surface area contributed by atoms with Gasteiger partial charge in [0.25, 0.3) is 0 Å². The molecule has 66 valence electrons. The van der Waals surface area contributed by atoms with Gasteiger partial charge >= 0.3 is 0 Å². The second kappa shape index (κ2) is 3.39. The largest absolute Gasteiger partial charge is 0.360 e. The SMILES string of the molecule is Cc1nnc(NCCC2CC2)s1. The summed E-state index contributed by atoms with van der Waals surface area (Å²) < 4.78 is 0. The van der Waals surface area contributed by atoms with Gasteiger partial charge in [0.15, 0.2) is 0 Å². The molecule has 1 aliphatic carbocycles. The lowest BCUT2D eigenvalue weighted by Gasteiger charge is -1.98. The summed E-state index contributed by atoms with van der Waals surface area (Å²) >= 11 is 1.63. The standard InChI is InChI=1S/C8H13N3S/c1-6-10-11-8(12-6)9-5-4-7-2-3-7/h7H,2-5H2,1H3,(H,9,11). The summed E-state index contributed by atoms with van der Waals surface area (Å²) in [5.74, 6) is 0.992. The van der Waals surface area contributed by atoms with Crippen LogP contribution in [-0.2, 0) is 0 Å². The Kier molecular flexibility index (Phi) is 2.26. The average Bonchev–Trinajstić information content (AvgIpc) is 2.76. The normalized spacial score (nSPS) is 16.4. The molecule has 0 unspecified atom stereocenters. The highest BCUT2D eigenvalue weighted by molar-refractivity contribution is 7.15. The van der Waals surface area contributed by atoms with E-state index in [1.165, 1.54) is 19.3 Å². The van der Waals surface area contributed by atoms with Gasteiger partial charge in [-0.25, -0.2) is 0 Å². The second-order valence-corrected chi connectivity index (χ2v) is 4.47. The van der Waals surface area contributed by atoms with Crippen molar-refractivity contribution in [3.05, 3.63) is 5.01 Å². The smallest absolute Gasteiger partial charge is 0.205 e. The molecule has 0 atom stereocenters. The minimum absolute atomic E-state index is 0.966. The van der Waals surface area contributed by atoms with Crippen molar-refractivity contribution >= 4 is 16.5 Å². The Labute approximate surface area is 76.2 Å².